The number of rotatable bonds is 6. The number of benzene rings is 4. The Hall–Kier alpha value is -4.53. The van der Waals surface area contributed by atoms with E-state index in [1.807, 2.05) is 35.6 Å². The Kier molecular flexibility index (Phi) is 14.6. The van der Waals surface area contributed by atoms with Crippen LogP contribution < -0.4 is 21.9 Å². The Morgan fingerprint density at radius 3 is 0.977 bits per heavy atom. The summed E-state index contributed by atoms with van der Waals surface area (Å²) in [7, 11) is 3.98. The molecule has 0 saturated carbocycles. The molecule has 0 aliphatic rings. The quantitative estimate of drug-likeness (QED) is 0.156. The molecule has 6 rings (SSSR count). The number of imidazole rings is 2. The fourth-order valence-electron chi connectivity index (χ4n) is 5.40. The van der Waals surface area contributed by atoms with Crippen LogP contribution >= 0.6 is 0 Å². The van der Waals surface area contributed by atoms with E-state index in [9.17, 15) is 0 Å². The Labute approximate surface area is 266 Å². The molecule has 0 saturated heterocycles. The van der Waals surface area contributed by atoms with E-state index in [0.29, 0.717) is 0 Å². The standard InChI is InChI=1S/C24H20B.C9H12N4.2CO.Rh/c1-5-13-21(14-6-1)25(22-15-7-2-8-16-22,23-17-9-3-10-18-23)24-19-11-4-12-20-24;1-12-5-3-10-8(12)7-9-11-4-6-13(9)2;2*1-2;/h1-20H;3-6H,7H2,1-2H3;;;/q-1;;;;. The van der Waals surface area contributed by atoms with Crippen molar-refractivity contribution in [2.45, 2.75) is 6.42 Å². The molecule has 2 aromatic heterocycles. The molecule has 0 bridgehead atoms. The SMILES string of the molecule is Cn1ccnc1Cc1nccn1C.[C-]#[O+].[C-]#[O+].[Rh].c1ccc([B-](c2ccccc2)(c2ccccc2)c2ccccc2)cc1. The van der Waals surface area contributed by atoms with Crippen LogP contribution in [-0.2, 0) is 49.3 Å². The van der Waals surface area contributed by atoms with Gasteiger partial charge in [0.05, 0.1) is 6.42 Å². The Morgan fingerprint density at radius 1 is 0.512 bits per heavy atom. The van der Waals surface area contributed by atoms with Gasteiger partial charge in [-0.25, -0.2) is 9.97 Å². The number of nitrogens with zero attached hydrogens (tertiary/aromatic N) is 4. The summed E-state index contributed by atoms with van der Waals surface area (Å²) in [4.78, 5) is 8.48. The third kappa shape index (κ3) is 8.28. The van der Waals surface area contributed by atoms with Crippen molar-refractivity contribution in [2.24, 2.45) is 14.1 Å². The third-order valence-corrected chi connectivity index (χ3v) is 7.36. The number of hydrogen-bond acceptors (Lipinski definition) is 2. The van der Waals surface area contributed by atoms with Crippen LogP contribution in [0.3, 0.4) is 0 Å². The van der Waals surface area contributed by atoms with E-state index in [2.05, 4.69) is 145 Å². The summed E-state index contributed by atoms with van der Waals surface area (Å²) in [5, 5.41) is 0. The van der Waals surface area contributed by atoms with Crippen molar-refractivity contribution in [2.75, 3.05) is 0 Å². The first kappa shape index (κ1) is 34.7. The Bertz CT molecular complexity index is 1440. The Morgan fingerprint density at radius 2 is 0.767 bits per heavy atom. The van der Waals surface area contributed by atoms with Crippen LogP contribution in [0.4, 0.5) is 0 Å². The molecule has 1 radical (unpaired) electrons. The summed E-state index contributed by atoms with van der Waals surface area (Å²) < 4.78 is 19.0. The average Bonchev–Trinajstić information content (AvgIpc) is 3.69. The number of aromatic nitrogens is 4. The van der Waals surface area contributed by atoms with E-state index in [-0.39, 0.29) is 19.5 Å². The maximum atomic E-state index is 7.50. The second-order valence-corrected chi connectivity index (χ2v) is 9.59. The van der Waals surface area contributed by atoms with Gasteiger partial charge in [0.2, 0.25) is 0 Å². The van der Waals surface area contributed by atoms with Gasteiger partial charge in [0.1, 0.15) is 17.8 Å². The molecular weight excluding hydrogens is 622 g/mol. The summed E-state index contributed by atoms with van der Waals surface area (Å²) in [6.45, 7) is 9.00. The van der Waals surface area contributed by atoms with Crippen molar-refractivity contribution in [1.29, 1.82) is 0 Å². The predicted molar refractivity (Wildman–Crippen MR) is 167 cm³/mol. The summed E-state index contributed by atoms with van der Waals surface area (Å²) in [6.07, 6.45) is 7.06. The molecular formula is C35H32BN4O2Rh-. The largest absolute Gasteiger partial charge is 0.195 e. The van der Waals surface area contributed by atoms with E-state index in [1.54, 1.807) is 12.4 Å². The summed E-state index contributed by atoms with van der Waals surface area (Å²) in [6, 6.07) is 43.5. The molecule has 6 nitrogen and oxygen atoms in total. The monoisotopic (exact) mass is 654 g/mol. The molecule has 2 heterocycles. The maximum Gasteiger partial charge on any atom is 0.108 e. The van der Waals surface area contributed by atoms with Crippen LogP contribution in [-0.4, -0.2) is 25.2 Å². The normalized spacial score (nSPS) is 9.81. The molecule has 0 fully saturated rings. The van der Waals surface area contributed by atoms with Crippen LogP contribution in [0.5, 0.6) is 0 Å². The van der Waals surface area contributed by atoms with Gasteiger partial charge in [0.15, 0.2) is 0 Å². The third-order valence-electron chi connectivity index (χ3n) is 7.36. The second kappa shape index (κ2) is 18.1. The molecule has 0 aliphatic carbocycles. The molecule has 0 amide bonds. The number of aryl methyl sites for hydroxylation is 2. The summed E-state index contributed by atoms with van der Waals surface area (Å²) in [5.41, 5.74) is 5.36. The Balaban J connectivity index is 0.000000304. The van der Waals surface area contributed by atoms with Crippen molar-refractivity contribution >= 4 is 28.0 Å². The van der Waals surface area contributed by atoms with E-state index in [1.165, 1.54) is 21.9 Å². The van der Waals surface area contributed by atoms with Crippen molar-refractivity contribution in [3.63, 3.8) is 0 Å². The van der Waals surface area contributed by atoms with Crippen molar-refractivity contribution < 1.29 is 28.8 Å². The van der Waals surface area contributed by atoms with Gasteiger partial charge in [0, 0.05) is 58.4 Å². The van der Waals surface area contributed by atoms with Crippen LogP contribution in [0.1, 0.15) is 11.6 Å². The molecule has 217 valence electrons. The zero-order valence-corrected chi connectivity index (χ0v) is 25.7. The average molecular weight is 654 g/mol. The zero-order chi connectivity index (χ0) is 30.2. The van der Waals surface area contributed by atoms with Gasteiger partial charge >= 0.3 is 22.6 Å². The summed E-state index contributed by atoms with van der Waals surface area (Å²) >= 11 is 0. The van der Waals surface area contributed by atoms with Gasteiger partial charge < -0.3 is 9.13 Å². The minimum absolute atomic E-state index is 0. The van der Waals surface area contributed by atoms with E-state index in [4.69, 9.17) is 9.30 Å². The first-order chi connectivity index (χ1) is 20.7. The van der Waals surface area contributed by atoms with Gasteiger partial charge in [-0.2, -0.15) is 21.9 Å². The molecule has 43 heavy (non-hydrogen) atoms. The minimum Gasteiger partial charge on any atom is -0.195 e. The van der Waals surface area contributed by atoms with Crippen LogP contribution in [0.25, 0.3) is 0 Å². The van der Waals surface area contributed by atoms with Gasteiger partial charge in [-0.15, -0.1) is 0 Å². The van der Waals surface area contributed by atoms with E-state index in [0.717, 1.165) is 18.1 Å². The predicted octanol–water partition coefficient (Wildman–Crippen LogP) is 3.73. The number of hydrogen-bond donors (Lipinski definition) is 0. The molecule has 0 atom stereocenters. The van der Waals surface area contributed by atoms with Gasteiger partial charge in [-0.3, -0.25) is 0 Å². The van der Waals surface area contributed by atoms with Crippen molar-refractivity contribution in [3.8, 4) is 0 Å². The molecule has 0 aliphatic heterocycles. The van der Waals surface area contributed by atoms with Gasteiger partial charge in [-0.1, -0.05) is 121 Å². The first-order valence-electron chi connectivity index (χ1n) is 13.4. The molecule has 0 N–H and O–H groups in total. The molecule has 8 heteroatoms. The maximum absolute atomic E-state index is 7.50. The van der Waals surface area contributed by atoms with Crippen molar-refractivity contribution in [1.82, 2.24) is 19.1 Å². The van der Waals surface area contributed by atoms with Crippen LogP contribution in [0.15, 0.2) is 146 Å². The van der Waals surface area contributed by atoms with Crippen LogP contribution in [0.2, 0.25) is 0 Å². The topological polar surface area (TPSA) is 75.4 Å². The first-order valence-corrected chi connectivity index (χ1v) is 13.4. The zero-order valence-electron chi connectivity index (χ0n) is 24.1. The smallest absolute Gasteiger partial charge is 0.108 e. The molecule has 0 spiro atoms. The van der Waals surface area contributed by atoms with Gasteiger partial charge in [-0.05, 0) is 0 Å². The fourth-order valence-corrected chi connectivity index (χ4v) is 5.40. The summed E-state index contributed by atoms with van der Waals surface area (Å²) in [5.74, 6) is 2.07. The molecule has 0 unspecified atom stereocenters. The van der Waals surface area contributed by atoms with Gasteiger partial charge in [0.25, 0.3) is 0 Å². The molecule has 6 aromatic rings. The molecule has 4 aromatic carbocycles. The fraction of sp³-hybridized carbons (Fsp3) is 0.0857. The van der Waals surface area contributed by atoms with Crippen LogP contribution in [0, 0.1) is 13.3 Å². The minimum atomic E-state index is -1.22. The van der Waals surface area contributed by atoms with E-state index < -0.39 is 6.15 Å². The van der Waals surface area contributed by atoms with Crippen molar-refractivity contribution in [3.05, 3.63) is 171 Å². The second-order valence-electron chi connectivity index (χ2n) is 9.59. The van der Waals surface area contributed by atoms with E-state index >= 15 is 0 Å².